The fraction of sp³-hybridized carbons (Fsp3) is 0.438. The van der Waals surface area contributed by atoms with Gasteiger partial charge in [0.05, 0.1) is 6.61 Å². The van der Waals surface area contributed by atoms with Crippen LogP contribution in [-0.4, -0.2) is 6.61 Å². The summed E-state index contributed by atoms with van der Waals surface area (Å²) < 4.78 is 55.6. The maximum atomic E-state index is 15.0. The van der Waals surface area contributed by atoms with Gasteiger partial charge < -0.3 is 9.47 Å². The highest BCUT2D eigenvalue weighted by atomic mass is 19.2. The minimum atomic E-state index is -0.789. The van der Waals surface area contributed by atoms with Gasteiger partial charge in [-0.2, -0.15) is 0 Å². The van der Waals surface area contributed by atoms with Crippen molar-refractivity contribution >= 4 is 0 Å². The van der Waals surface area contributed by atoms with E-state index >= 15 is 4.39 Å². The summed E-state index contributed by atoms with van der Waals surface area (Å²) in [6.45, 7) is 5.08. The molecule has 3 aromatic carbocycles. The molecule has 1 fully saturated rings. The van der Waals surface area contributed by atoms with Crippen LogP contribution in [0.1, 0.15) is 82.3 Å². The second-order valence-electron chi connectivity index (χ2n) is 10.3. The van der Waals surface area contributed by atoms with Gasteiger partial charge in [0.15, 0.2) is 23.2 Å². The van der Waals surface area contributed by atoms with Crippen molar-refractivity contribution in [1.29, 1.82) is 0 Å². The summed E-state index contributed by atoms with van der Waals surface area (Å²) in [6, 6.07) is 15.2. The fourth-order valence-electron chi connectivity index (χ4n) is 5.02. The number of halogens is 3. The highest BCUT2D eigenvalue weighted by Crippen LogP contribution is 2.38. The van der Waals surface area contributed by atoms with Crippen LogP contribution < -0.4 is 9.47 Å². The van der Waals surface area contributed by atoms with Crippen molar-refractivity contribution in [3.05, 3.63) is 83.2 Å². The molecule has 0 radical (unpaired) electrons. The molecule has 0 aliphatic heterocycles. The Bertz CT molecular complexity index is 1150. The molecule has 0 N–H and O–H groups in total. The molecule has 2 nitrogen and oxygen atoms in total. The zero-order valence-corrected chi connectivity index (χ0v) is 21.9. The number of benzene rings is 3. The lowest BCUT2D eigenvalue weighted by Gasteiger charge is -2.27. The molecule has 1 aliphatic carbocycles. The zero-order chi connectivity index (χ0) is 26.2. The Morgan fingerprint density at radius 2 is 1.54 bits per heavy atom. The van der Waals surface area contributed by atoms with E-state index in [1.54, 1.807) is 36.4 Å². The molecule has 0 heterocycles. The molecule has 198 valence electrons. The molecule has 5 heteroatoms. The second kappa shape index (κ2) is 13.0. The molecule has 0 amide bonds. The summed E-state index contributed by atoms with van der Waals surface area (Å²) in [7, 11) is 0. The number of hydrogen-bond acceptors (Lipinski definition) is 2. The number of rotatable bonds is 11. The fourth-order valence-corrected chi connectivity index (χ4v) is 5.02. The van der Waals surface area contributed by atoms with Crippen molar-refractivity contribution in [3.63, 3.8) is 0 Å². The van der Waals surface area contributed by atoms with Gasteiger partial charge in [0, 0.05) is 11.6 Å². The van der Waals surface area contributed by atoms with Gasteiger partial charge in [0.25, 0.3) is 0 Å². The summed E-state index contributed by atoms with van der Waals surface area (Å²) in [5.41, 5.74) is 2.20. The van der Waals surface area contributed by atoms with E-state index in [0.717, 1.165) is 56.9 Å². The van der Waals surface area contributed by atoms with Crippen molar-refractivity contribution in [2.75, 3.05) is 6.61 Å². The number of hydrogen-bond donors (Lipinski definition) is 0. The van der Waals surface area contributed by atoms with Crippen molar-refractivity contribution in [3.8, 4) is 22.6 Å². The van der Waals surface area contributed by atoms with E-state index < -0.39 is 17.5 Å². The third-order valence-corrected chi connectivity index (χ3v) is 7.40. The van der Waals surface area contributed by atoms with E-state index in [-0.39, 0.29) is 23.8 Å². The topological polar surface area (TPSA) is 18.5 Å². The summed E-state index contributed by atoms with van der Waals surface area (Å²) in [6.07, 6.45) is 8.20. The predicted octanol–water partition coefficient (Wildman–Crippen LogP) is 9.60. The third-order valence-electron chi connectivity index (χ3n) is 7.40. The number of unbranched alkanes of at least 4 members (excludes halogenated alkanes) is 3. The Kier molecular flexibility index (Phi) is 9.54. The lowest BCUT2D eigenvalue weighted by Crippen LogP contribution is -2.13. The third kappa shape index (κ3) is 7.09. The van der Waals surface area contributed by atoms with E-state index in [1.165, 1.54) is 6.07 Å². The summed E-state index contributed by atoms with van der Waals surface area (Å²) >= 11 is 0. The Balaban J connectivity index is 1.34. The van der Waals surface area contributed by atoms with E-state index in [9.17, 15) is 8.78 Å². The quantitative estimate of drug-likeness (QED) is 0.239. The molecule has 0 unspecified atom stereocenters. The Morgan fingerprint density at radius 1 is 0.784 bits per heavy atom. The van der Waals surface area contributed by atoms with Crippen LogP contribution in [0.15, 0.2) is 54.6 Å². The zero-order valence-electron chi connectivity index (χ0n) is 21.9. The van der Waals surface area contributed by atoms with E-state index in [1.807, 2.05) is 12.1 Å². The molecule has 3 aromatic rings. The van der Waals surface area contributed by atoms with Crippen LogP contribution in [0, 0.1) is 23.4 Å². The second-order valence-corrected chi connectivity index (χ2v) is 10.3. The molecular formula is C32H37F3O2. The normalized spacial score (nSPS) is 17.5. The van der Waals surface area contributed by atoms with Gasteiger partial charge in [0.2, 0.25) is 0 Å². The van der Waals surface area contributed by atoms with Crippen molar-refractivity contribution in [2.24, 2.45) is 5.92 Å². The summed E-state index contributed by atoms with van der Waals surface area (Å²) in [4.78, 5) is 0. The van der Waals surface area contributed by atoms with E-state index in [2.05, 4.69) is 13.8 Å². The molecule has 1 saturated carbocycles. The largest absolute Gasteiger partial charge is 0.491 e. The SMILES string of the molecule is CCCCCCOc1ccc(OCc2ccc(-c3ccc(C4CCC(C)CC4)c(F)c3F)cc2)cc1F. The Labute approximate surface area is 218 Å². The maximum Gasteiger partial charge on any atom is 0.168 e. The van der Waals surface area contributed by atoms with Crippen molar-refractivity contribution < 1.29 is 22.6 Å². The Hall–Kier alpha value is -2.95. The van der Waals surface area contributed by atoms with E-state index in [4.69, 9.17) is 9.47 Å². The van der Waals surface area contributed by atoms with Crippen LogP contribution >= 0.6 is 0 Å². The van der Waals surface area contributed by atoms with Crippen LogP contribution in [0.25, 0.3) is 11.1 Å². The van der Waals surface area contributed by atoms with Crippen LogP contribution in [0.3, 0.4) is 0 Å². The van der Waals surface area contributed by atoms with Gasteiger partial charge in [-0.05, 0) is 59.9 Å². The standard InChI is InChI=1S/C32H37F3O2/c1-3-4-5-6-19-36-30-18-15-26(20-29(30)33)37-21-23-9-13-25(14-10-23)28-17-16-27(31(34)32(28)35)24-11-7-22(2)8-12-24/h9-10,13-18,20,22,24H,3-8,11-12,19,21H2,1-2H3. The lowest BCUT2D eigenvalue weighted by atomic mass is 9.79. The first kappa shape index (κ1) is 27.1. The van der Waals surface area contributed by atoms with Crippen LogP contribution in [0.2, 0.25) is 0 Å². The van der Waals surface area contributed by atoms with Gasteiger partial charge >= 0.3 is 0 Å². The number of ether oxygens (including phenoxy) is 2. The molecule has 1 aliphatic rings. The molecule has 0 saturated heterocycles. The van der Waals surface area contributed by atoms with Gasteiger partial charge in [-0.15, -0.1) is 0 Å². The molecule has 4 rings (SSSR count). The maximum absolute atomic E-state index is 15.0. The summed E-state index contributed by atoms with van der Waals surface area (Å²) in [5.74, 6) is -0.582. The predicted molar refractivity (Wildman–Crippen MR) is 143 cm³/mol. The summed E-state index contributed by atoms with van der Waals surface area (Å²) in [5, 5.41) is 0. The highest BCUT2D eigenvalue weighted by molar-refractivity contribution is 5.65. The first-order valence-corrected chi connectivity index (χ1v) is 13.6. The molecule has 0 atom stereocenters. The smallest absolute Gasteiger partial charge is 0.168 e. The molecular weight excluding hydrogens is 473 g/mol. The average Bonchev–Trinajstić information content (AvgIpc) is 2.91. The van der Waals surface area contributed by atoms with E-state index in [0.29, 0.717) is 29.4 Å². The average molecular weight is 511 g/mol. The first-order chi connectivity index (χ1) is 18.0. The van der Waals surface area contributed by atoms with Gasteiger partial charge in [-0.25, -0.2) is 13.2 Å². The van der Waals surface area contributed by atoms with Gasteiger partial charge in [-0.3, -0.25) is 0 Å². The first-order valence-electron chi connectivity index (χ1n) is 13.6. The van der Waals surface area contributed by atoms with Gasteiger partial charge in [-0.1, -0.05) is 82.3 Å². The molecule has 0 aromatic heterocycles. The minimum Gasteiger partial charge on any atom is -0.491 e. The molecule has 37 heavy (non-hydrogen) atoms. The van der Waals surface area contributed by atoms with Crippen LogP contribution in [-0.2, 0) is 6.61 Å². The minimum absolute atomic E-state index is 0.0931. The Morgan fingerprint density at radius 3 is 2.24 bits per heavy atom. The van der Waals surface area contributed by atoms with Crippen LogP contribution in [0.4, 0.5) is 13.2 Å². The van der Waals surface area contributed by atoms with Crippen LogP contribution in [0.5, 0.6) is 11.5 Å². The van der Waals surface area contributed by atoms with Gasteiger partial charge in [0.1, 0.15) is 12.4 Å². The monoisotopic (exact) mass is 510 g/mol. The van der Waals surface area contributed by atoms with Crippen molar-refractivity contribution in [2.45, 2.75) is 77.7 Å². The molecule has 0 bridgehead atoms. The van der Waals surface area contributed by atoms with Crippen molar-refractivity contribution in [1.82, 2.24) is 0 Å². The molecule has 0 spiro atoms. The lowest BCUT2D eigenvalue weighted by molar-refractivity contribution is 0.283. The highest BCUT2D eigenvalue weighted by Gasteiger charge is 2.25.